The Morgan fingerprint density at radius 2 is 2.18 bits per heavy atom. The van der Waals surface area contributed by atoms with Crippen molar-refractivity contribution >= 4 is 23.4 Å². The summed E-state index contributed by atoms with van der Waals surface area (Å²) in [7, 11) is 0. The molecule has 11 heavy (non-hydrogen) atoms. The molecular formula is C6H9ClO4. The summed E-state index contributed by atoms with van der Waals surface area (Å²) >= 11 is 5.23. The van der Waals surface area contributed by atoms with E-state index in [2.05, 4.69) is 4.74 Å². The van der Waals surface area contributed by atoms with Crippen molar-refractivity contribution in [2.45, 2.75) is 13.0 Å². The molecule has 0 amide bonds. The van der Waals surface area contributed by atoms with Gasteiger partial charge in [-0.05, 0) is 6.92 Å². The van der Waals surface area contributed by atoms with Crippen molar-refractivity contribution in [3.63, 3.8) is 0 Å². The maximum Gasteiger partial charge on any atom is 0.340 e. The minimum absolute atomic E-state index is 0.0676. The number of carbonyl (C=O) groups is 2. The number of ketones is 1. The molecule has 0 aromatic heterocycles. The molecule has 1 atom stereocenters. The molecule has 0 aliphatic rings. The summed E-state index contributed by atoms with van der Waals surface area (Å²) in [6.07, 6.45) is -1.37. The van der Waals surface area contributed by atoms with Crippen LogP contribution in [0.4, 0.5) is 0 Å². The van der Waals surface area contributed by atoms with Gasteiger partial charge in [0.15, 0.2) is 5.78 Å². The molecule has 0 aromatic carbocycles. The van der Waals surface area contributed by atoms with Gasteiger partial charge in [0.1, 0.15) is 0 Å². The van der Waals surface area contributed by atoms with E-state index in [0.29, 0.717) is 0 Å². The maximum atomic E-state index is 10.5. The second-order valence-electron chi connectivity index (χ2n) is 1.89. The van der Waals surface area contributed by atoms with Crippen LogP contribution in [0.1, 0.15) is 6.92 Å². The smallest absolute Gasteiger partial charge is 0.340 e. The zero-order chi connectivity index (χ0) is 8.85. The topological polar surface area (TPSA) is 63.6 Å². The Morgan fingerprint density at radius 3 is 2.45 bits per heavy atom. The highest BCUT2D eigenvalue weighted by atomic mass is 35.5. The van der Waals surface area contributed by atoms with Gasteiger partial charge >= 0.3 is 5.97 Å². The van der Waals surface area contributed by atoms with Gasteiger partial charge in [0.2, 0.25) is 6.10 Å². The molecule has 64 valence electrons. The van der Waals surface area contributed by atoms with E-state index in [1.54, 1.807) is 0 Å². The van der Waals surface area contributed by atoms with Gasteiger partial charge in [0.05, 0.1) is 6.61 Å². The van der Waals surface area contributed by atoms with E-state index < -0.39 is 17.9 Å². The molecule has 0 aliphatic carbocycles. The summed E-state index contributed by atoms with van der Waals surface area (Å²) in [4.78, 5) is 20.8. The quantitative estimate of drug-likeness (QED) is 0.488. The second kappa shape index (κ2) is 5.09. The van der Waals surface area contributed by atoms with Crippen LogP contribution in [0.25, 0.3) is 0 Å². The van der Waals surface area contributed by atoms with E-state index in [-0.39, 0.29) is 12.5 Å². The van der Waals surface area contributed by atoms with Gasteiger partial charge in [-0.2, -0.15) is 0 Å². The van der Waals surface area contributed by atoms with Gasteiger partial charge < -0.3 is 9.84 Å². The third kappa shape index (κ3) is 3.95. The number of carboxylic acid groups (broad SMARTS) is 1. The number of hydrogen-bond donors (Lipinski definition) is 1. The van der Waals surface area contributed by atoms with E-state index in [4.69, 9.17) is 16.7 Å². The van der Waals surface area contributed by atoms with Crippen molar-refractivity contribution < 1.29 is 19.4 Å². The Balaban J connectivity index is 3.90. The molecule has 0 spiro atoms. The molecule has 5 heteroatoms. The molecule has 0 radical (unpaired) electrons. The summed E-state index contributed by atoms with van der Waals surface area (Å²) in [5.41, 5.74) is 0. The number of halogens is 1. The standard InChI is InChI=1S/C6H9ClO4/c1-4(8)5(6(9)10)11-3-2-7/h5H,2-3H2,1H3,(H,9,10). The lowest BCUT2D eigenvalue weighted by molar-refractivity contribution is -0.155. The normalized spacial score (nSPS) is 12.5. The third-order valence-electron chi connectivity index (χ3n) is 0.955. The monoisotopic (exact) mass is 180 g/mol. The van der Waals surface area contributed by atoms with E-state index in [1.807, 2.05) is 0 Å². The minimum atomic E-state index is -1.37. The van der Waals surface area contributed by atoms with Gasteiger partial charge in [0.25, 0.3) is 0 Å². The summed E-state index contributed by atoms with van der Waals surface area (Å²) in [6, 6.07) is 0. The number of hydrogen-bond acceptors (Lipinski definition) is 3. The summed E-state index contributed by atoms with van der Waals surface area (Å²) in [5, 5.41) is 8.38. The maximum absolute atomic E-state index is 10.5. The number of alkyl halides is 1. The van der Waals surface area contributed by atoms with Crippen molar-refractivity contribution in [3.8, 4) is 0 Å². The Hall–Kier alpha value is -0.610. The van der Waals surface area contributed by atoms with Gasteiger partial charge in [-0.15, -0.1) is 11.6 Å². The number of rotatable bonds is 5. The van der Waals surface area contributed by atoms with Crippen LogP contribution in [0.3, 0.4) is 0 Å². The van der Waals surface area contributed by atoms with Crippen molar-refractivity contribution in [2.75, 3.05) is 12.5 Å². The van der Waals surface area contributed by atoms with E-state index in [9.17, 15) is 9.59 Å². The highest BCUT2D eigenvalue weighted by molar-refractivity contribution is 6.18. The molecule has 0 saturated heterocycles. The number of ether oxygens (including phenoxy) is 1. The van der Waals surface area contributed by atoms with E-state index >= 15 is 0 Å². The number of Topliss-reactive ketones (excluding diaryl/α,β-unsaturated/α-hetero) is 1. The Bertz CT molecular complexity index is 143. The fourth-order valence-corrected chi connectivity index (χ4v) is 0.614. The summed E-state index contributed by atoms with van der Waals surface area (Å²) in [6.45, 7) is 1.23. The molecule has 0 rings (SSSR count). The molecule has 0 heterocycles. The van der Waals surface area contributed by atoms with Crippen LogP contribution in [-0.4, -0.2) is 35.4 Å². The first kappa shape index (κ1) is 10.4. The zero-order valence-corrected chi connectivity index (χ0v) is 6.80. The molecule has 0 aromatic rings. The van der Waals surface area contributed by atoms with Gasteiger partial charge in [-0.3, -0.25) is 4.79 Å². The highest BCUT2D eigenvalue weighted by Crippen LogP contribution is 1.94. The molecule has 0 fully saturated rings. The predicted octanol–water partition coefficient (Wildman–Crippen LogP) is 0.284. The fraction of sp³-hybridized carbons (Fsp3) is 0.667. The Morgan fingerprint density at radius 1 is 1.64 bits per heavy atom. The third-order valence-corrected chi connectivity index (χ3v) is 1.11. The van der Waals surface area contributed by atoms with Crippen molar-refractivity contribution in [1.82, 2.24) is 0 Å². The van der Waals surface area contributed by atoms with Crippen LogP contribution < -0.4 is 0 Å². The first-order valence-corrected chi connectivity index (χ1v) is 3.54. The van der Waals surface area contributed by atoms with Crippen LogP contribution >= 0.6 is 11.6 Å². The van der Waals surface area contributed by atoms with Crippen LogP contribution in [0.5, 0.6) is 0 Å². The van der Waals surface area contributed by atoms with Crippen LogP contribution in [0, 0.1) is 0 Å². The molecule has 0 bridgehead atoms. The summed E-state index contributed by atoms with van der Waals surface area (Å²) in [5.74, 6) is -1.62. The van der Waals surface area contributed by atoms with Gasteiger partial charge in [-0.1, -0.05) is 0 Å². The Kier molecular flexibility index (Phi) is 4.81. The largest absolute Gasteiger partial charge is 0.479 e. The molecule has 0 aliphatic heterocycles. The Labute approximate surface area is 69.1 Å². The van der Waals surface area contributed by atoms with Crippen molar-refractivity contribution in [1.29, 1.82) is 0 Å². The van der Waals surface area contributed by atoms with Gasteiger partial charge in [0, 0.05) is 5.88 Å². The molecule has 4 nitrogen and oxygen atoms in total. The number of carbonyl (C=O) groups excluding carboxylic acids is 1. The van der Waals surface area contributed by atoms with Crippen LogP contribution in [-0.2, 0) is 14.3 Å². The molecule has 1 N–H and O–H groups in total. The molecular weight excluding hydrogens is 172 g/mol. The average molecular weight is 181 g/mol. The van der Waals surface area contributed by atoms with E-state index in [0.717, 1.165) is 6.92 Å². The van der Waals surface area contributed by atoms with Crippen LogP contribution in [0.15, 0.2) is 0 Å². The van der Waals surface area contributed by atoms with Crippen molar-refractivity contribution in [2.24, 2.45) is 0 Å². The summed E-state index contributed by atoms with van der Waals surface area (Å²) < 4.78 is 4.63. The van der Waals surface area contributed by atoms with E-state index in [1.165, 1.54) is 0 Å². The minimum Gasteiger partial charge on any atom is -0.479 e. The molecule has 0 saturated carbocycles. The number of carboxylic acids is 1. The molecule has 1 unspecified atom stereocenters. The lowest BCUT2D eigenvalue weighted by Gasteiger charge is -2.07. The predicted molar refractivity (Wildman–Crippen MR) is 38.8 cm³/mol. The lowest BCUT2D eigenvalue weighted by Crippen LogP contribution is -2.31. The fourth-order valence-electron chi connectivity index (χ4n) is 0.525. The first-order valence-electron chi connectivity index (χ1n) is 3.00. The highest BCUT2D eigenvalue weighted by Gasteiger charge is 2.22. The van der Waals surface area contributed by atoms with Crippen molar-refractivity contribution in [3.05, 3.63) is 0 Å². The number of aliphatic carboxylic acids is 1. The average Bonchev–Trinajstić information content (AvgIpc) is 1.87. The zero-order valence-electron chi connectivity index (χ0n) is 6.04. The van der Waals surface area contributed by atoms with Gasteiger partial charge in [-0.25, -0.2) is 4.79 Å². The SMILES string of the molecule is CC(=O)C(OCCCl)C(=O)O. The first-order chi connectivity index (χ1) is 5.09. The second-order valence-corrected chi connectivity index (χ2v) is 2.27. The lowest BCUT2D eigenvalue weighted by atomic mass is 10.2. The van der Waals surface area contributed by atoms with Crippen LogP contribution in [0.2, 0.25) is 0 Å².